The lowest BCUT2D eigenvalue weighted by molar-refractivity contribution is -0.123. The van der Waals surface area contributed by atoms with Crippen LogP contribution < -0.4 is 5.32 Å². The number of aliphatic hydroxyl groups is 2. The third-order valence-electron chi connectivity index (χ3n) is 18.4. The predicted octanol–water partition coefficient (Wildman–Crippen LogP) is 26.7. The van der Waals surface area contributed by atoms with Crippen LogP contribution in [0.15, 0.2) is 36.5 Å². The highest BCUT2D eigenvalue weighted by Crippen LogP contribution is 2.20. The Morgan fingerprint density at radius 1 is 0.289 bits per heavy atom. The normalized spacial score (nSPS) is 12.8. The van der Waals surface area contributed by atoms with E-state index in [1.807, 2.05) is 0 Å². The summed E-state index contributed by atoms with van der Waals surface area (Å²) >= 11 is 0. The molecule has 0 aliphatic carbocycles. The molecule has 0 aliphatic heterocycles. The van der Waals surface area contributed by atoms with Crippen LogP contribution >= 0.6 is 0 Å². The average Bonchev–Trinajstić information content (AvgIpc) is 3.51. The average molecular weight is 1170 g/mol. The number of carbonyl (C=O) groups is 1. The maximum absolute atomic E-state index is 12.6. The predicted molar refractivity (Wildman–Crippen MR) is 373 cm³/mol. The molecule has 4 nitrogen and oxygen atoms in total. The maximum Gasteiger partial charge on any atom is 0.220 e. The molecular weight excluding hydrogens is 1010 g/mol. The lowest BCUT2D eigenvalue weighted by atomic mass is 10.0. The van der Waals surface area contributed by atoms with Crippen molar-refractivity contribution in [3.05, 3.63) is 36.5 Å². The first kappa shape index (κ1) is 81.6. The van der Waals surface area contributed by atoms with Gasteiger partial charge in [-0.1, -0.05) is 423 Å². The lowest BCUT2D eigenvalue weighted by Crippen LogP contribution is -2.45. The van der Waals surface area contributed by atoms with Crippen LogP contribution in [0.4, 0.5) is 0 Å². The fourth-order valence-corrected chi connectivity index (χ4v) is 12.6. The molecule has 0 aromatic heterocycles. The second-order valence-corrected chi connectivity index (χ2v) is 26.8. The number of hydrogen-bond donors (Lipinski definition) is 3. The number of allylic oxidation sites excluding steroid dienone is 6. The molecule has 0 radical (unpaired) electrons. The minimum Gasteiger partial charge on any atom is -0.394 e. The summed E-state index contributed by atoms with van der Waals surface area (Å²) in [6.45, 7) is 4.40. The van der Waals surface area contributed by atoms with Crippen LogP contribution in [0.1, 0.15) is 444 Å². The van der Waals surface area contributed by atoms with Crippen LogP contribution in [-0.2, 0) is 4.79 Å². The van der Waals surface area contributed by atoms with Gasteiger partial charge in [0.15, 0.2) is 0 Å². The van der Waals surface area contributed by atoms with Crippen molar-refractivity contribution in [1.82, 2.24) is 5.32 Å². The molecular formula is C79H153NO3. The lowest BCUT2D eigenvalue weighted by Gasteiger charge is -2.22. The van der Waals surface area contributed by atoms with Gasteiger partial charge in [-0.2, -0.15) is 0 Å². The van der Waals surface area contributed by atoms with Crippen LogP contribution in [-0.4, -0.2) is 34.9 Å². The van der Waals surface area contributed by atoms with Crippen molar-refractivity contribution in [3.8, 4) is 0 Å². The summed E-state index contributed by atoms with van der Waals surface area (Å²) in [6, 6.07) is -0.536. The molecule has 0 aliphatic rings. The summed E-state index contributed by atoms with van der Waals surface area (Å²) in [5.41, 5.74) is 0. The molecule has 0 bridgehead atoms. The standard InChI is InChI=1S/C79H153NO3/c1-3-5-7-9-11-13-15-17-19-21-23-25-27-29-31-33-35-37-38-39-40-41-42-43-45-47-49-51-53-55-57-59-61-63-65-67-69-71-73-75-79(83)80-77(76-81)78(82)74-72-70-68-66-64-62-60-58-56-54-52-50-48-46-44-36-34-32-30-28-26-24-22-20-18-16-14-12-10-8-6-4-2/h15,17,21,23,27,29,77-78,81-82H,3-14,16,18-20,22,24-26,28,30-76H2,1-2H3,(H,80,83)/b17-15-,23-21-,29-27-. The van der Waals surface area contributed by atoms with Gasteiger partial charge in [0.2, 0.25) is 5.91 Å². The van der Waals surface area contributed by atoms with Gasteiger partial charge >= 0.3 is 0 Å². The van der Waals surface area contributed by atoms with Crippen molar-refractivity contribution in [2.24, 2.45) is 0 Å². The first-order valence-corrected chi connectivity index (χ1v) is 38.7. The Morgan fingerprint density at radius 2 is 0.494 bits per heavy atom. The zero-order valence-electron chi connectivity index (χ0n) is 57.0. The van der Waals surface area contributed by atoms with Crippen LogP contribution in [0, 0.1) is 0 Å². The largest absolute Gasteiger partial charge is 0.394 e. The van der Waals surface area contributed by atoms with E-state index in [2.05, 4.69) is 55.6 Å². The van der Waals surface area contributed by atoms with Gasteiger partial charge in [-0.3, -0.25) is 4.79 Å². The molecule has 492 valence electrons. The molecule has 0 spiro atoms. The fourth-order valence-electron chi connectivity index (χ4n) is 12.6. The van der Waals surface area contributed by atoms with E-state index in [1.165, 1.54) is 379 Å². The topological polar surface area (TPSA) is 69.6 Å². The van der Waals surface area contributed by atoms with Crippen molar-refractivity contribution in [3.63, 3.8) is 0 Å². The SMILES string of the molecule is CCCCCCC/C=C\C/C=C\C/C=C\CCCCCCCCCCCCCCCCCCCCCCCCCCC(=O)NC(CO)C(O)CCCCCCCCCCCCCCCCCCCCCCCCCCCCCCCCCC. The smallest absolute Gasteiger partial charge is 0.220 e. The van der Waals surface area contributed by atoms with Gasteiger partial charge < -0.3 is 15.5 Å². The molecule has 0 rings (SSSR count). The third-order valence-corrected chi connectivity index (χ3v) is 18.4. The van der Waals surface area contributed by atoms with Crippen LogP contribution in [0.25, 0.3) is 0 Å². The molecule has 2 unspecified atom stereocenters. The first-order chi connectivity index (χ1) is 41.2. The van der Waals surface area contributed by atoms with E-state index >= 15 is 0 Å². The van der Waals surface area contributed by atoms with Crippen molar-refractivity contribution in [2.75, 3.05) is 6.61 Å². The Hall–Kier alpha value is -1.39. The first-order valence-electron chi connectivity index (χ1n) is 38.7. The summed E-state index contributed by atoms with van der Waals surface area (Å²) in [5, 5.41) is 23.5. The molecule has 0 aromatic carbocycles. The molecule has 2 atom stereocenters. The Bertz CT molecular complexity index is 1270. The Labute approximate surface area is 522 Å². The summed E-state index contributed by atoms with van der Waals surface area (Å²) in [7, 11) is 0. The van der Waals surface area contributed by atoms with E-state index in [1.54, 1.807) is 0 Å². The van der Waals surface area contributed by atoms with Crippen molar-refractivity contribution >= 4 is 5.91 Å². The monoisotopic (exact) mass is 1160 g/mol. The second-order valence-electron chi connectivity index (χ2n) is 26.8. The number of amides is 1. The quantitative estimate of drug-likeness (QED) is 0.0420. The van der Waals surface area contributed by atoms with E-state index in [9.17, 15) is 15.0 Å². The number of carbonyl (C=O) groups excluding carboxylic acids is 1. The molecule has 0 fully saturated rings. The van der Waals surface area contributed by atoms with Gasteiger partial charge in [-0.25, -0.2) is 0 Å². The summed E-state index contributed by atoms with van der Waals surface area (Å²) in [5.74, 6) is -0.0210. The highest BCUT2D eigenvalue weighted by molar-refractivity contribution is 5.76. The van der Waals surface area contributed by atoms with Gasteiger partial charge in [0.1, 0.15) is 0 Å². The van der Waals surface area contributed by atoms with E-state index in [0.29, 0.717) is 12.8 Å². The number of unbranched alkanes of at least 4 members (excludes halogenated alkanes) is 60. The zero-order valence-corrected chi connectivity index (χ0v) is 57.0. The van der Waals surface area contributed by atoms with E-state index < -0.39 is 12.1 Å². The molecule has 1 amide bonds. The zero-order chi connectivity index (χ0) is 59.8. The minimum absolute atomic E-state index is 0.0210. The fraction of sp³-hybridized carbons (Fsp3) is 0.911. The number of hydrogen-bond acceptors (Lipinski definition) is 3. The highest BCUT2D eigenvalue weighted by Gasteiger charge is 2.20. The van der Waals surface area contributed by atoms with Gasteiger partial charge in [-0.05, 0) is 51.4 Å². The van der Waals surface area contributed by atoms with E-state index in [4.69, 9.17) is 0 Å². The number of rotatable bonds is 73. The number of aliphatic hydroxyl groups excluding tert-OH is 2. The molecule has 0 saturated carbocycles. The molecule has 4 heteroatoms. The summed E-state index contributed by atoms with van der Waals surface area (Å²) in [4.78, 5) is 12.6. The Morgan fingerprint density at radius 3 is 0.735 bits per heavy atom. The third kappa shape index (κ3) is 71.3. The highest BCUT2D eigenvalue weighted by atomic mass is 16.3. The van der Waals surface area contributed by atoms with E-state index in [0.717, 1.165) is 38.5 Å². The van der Waals surface area contributed by atoms with Crippen LogP contribution in [0.5, 0.6) is 0 Å². The summed E-state index contributed by atoms with van der Waals surface area (Å²) in [6.07, 6.45) is 104. The van der Waals surface area contributed by atoms with Gasteiger partial charge in [0, 0.05) is 6.42 Å². The Kier molecular flexibility index (Phi) is 73.6. The van der Waals surface area contributed by atoms with Crippen molar-refractivity contribution in [2.45, 2.75) is 456 Å². The molecule has 3 N–H and O–H groups in total. The molecule has 0 heterocycles. The number of nitrogens with one attached hydrogen (secondary N) is 1. The van der Waals surface area contributed by atoms with Crippen molar-refractivity contribution in [1.29, 1.82) is 0 Å². The second kappa shape index (κ2) is 74.9. The van der Waals surface area contributed by atoms with Gasteiger partial charge in [0.05, 0.1) is 18.8 Å². The Balaban J connectivity index is 3.36. The van der Waals surface area contributed by atoms with E-state index in [-0.39, 0.29) is 12.5 Å². The minimum atomic E-state index is -0.660. The van der Waals surface area contributed by atoms with Crippen LogP contribution in [0.3, 0.4) is 0 Å². The van der Waals surface area contributed by atoms with Crippen LogP contribution in [0.2, 0.25) is 0 Å². The molecule has 0 saturated heterocycles. The summed E-state index contributed by atoms with van der Waals surface area (Å²) < 4.78 is 0. The van der Waals surface area contributed by atoms with Gasteiger partial charge in [-0.15, -0.1) is 0 Å². The molecule has 83 heavy (non-hydrogen) atoms. The van der Waals surface area contributed by atoms with Gasteiger partial charge in [0.25, 0.3) is 0 Å². The maximum atomic E-state index is 12.6. The molecule has 0 aromatic rings. The van der Waals surface area contributed by atoms with Crippen molar-refractivity contribution < 1.29 is 15.0 Å².